The molecule has 0 aliphatic rings. The normalized spacial score (nSPS) is 13.4. The zero-order chi connectivity index (χ0) is 10.7. The second-order valence-electron chi connectivity index (χ2n) is 2.94. The molecule has 0 unspecified atom stereocenters. The highest BCUT2D eigenvalue weighted by Gasteiger charge is 2.13. The van der Waals surface area contributed by atoms with Gasteiger partial charge in [-0.05, 0) is 20.8 Å². The zero-order valence-electron chi connectivity index (χ0n) is 8.24. The van der Waals surface area contributed by atoms with Gasteiger partial charge in [0.25, 0.3) is 0 Å². The second kappa shape index (κ2) is 3.91. The van der Waals surface area contributed by atoms with Crippen molar-refractivity contribution in [3.8, 4) is 0 Å². The van der Waals surface area contributed by atoms with Crippen molar-refractivity contribution < 1.29 is 10.4 Å². The van der Waals surface area contributed by atoms with Crippen LogP contribution in [0.15, 0.2) is 10.3 Å². The molecule has 76 valence electrons. The Hall–Kier alpha value is -1.85. The maximum atomic E-state index is 8.58. The van der Waals surface area contributed by atoms with E-state index in [4.69, 9.17) is 10.4 Å². The van der Waals surface area contributed by atoms with Crippen molar-refractivity contribution in [2.45, 2.75) is 20.8 Å². The first-order valence-corrected chi connectivity index (χ1v) is 4.04. The van der Waals surface area contributed by atoms with Gasteiger partial charge in [0.1, 0.15) is 17.1 Å². The van der Waals surface area contributed by atoms with E-state index >= 15 is 0 Å². The molecule has 14 heavy (non-hydrogen) atoms. The van der Waals surface area contributed by atoms with Gasteiger partial charge in [0.15, 0.2) is 0 Å². The summed E-state index contributed by atoms with van der Waals surface area (Å²) in [7, 11) is 0. The van der Waals surface area contributed by atoms with Crippen molar-refractivity contribution in [1.82, 2.24) is 10.2 Å². The summed E-state index contributed by atoms with van der Waals surface area (Å²) in [6.45, 7) is 5.09. The zero-order valence-corrected chi connectivity index (χ0v) is 8.24. The van der Waals surface area contributed by atoms with E-state index in [2.05, 4.69) is 20.5 Å². The molecular weight excluding hydrogens is 184 g/mol. The van der Waals surface area contributed by atoms with Crippen molar-refractivity contribution in [2.75, 3.05) is 0 Å². The van der Waals surface area contributed by atoms with Crippen molar-refractivity contribution in [3.63, 3.8) is 0 Å². The molecule has 0 bridgehead atoms. The van der Waals surface area contributed by atoms with Crippen LogP contribution in [0.25, 0.3) is 0 Å². The molecule has 0 spiro atoms. The first kappa shape index (κ1) is 10.2. The minimum absolute atomic E-state index is 0.413. The highest BCUT2D eigenvalue weighted by Crippen LogP contribution is 2.11. The maximum Gasteiger partial charge on any atom is 0.113 e. The molecule has 6 heteroatoms. The number of nitrogens with zero attached hydrogens (tertiary/aromatic N) is 3. The summed E-state index contributed by atoms with van der Waals surface area (Å²) in [5.74, 6) is 0. The van der Waals surface area contributed by atoms with Gasteiger partial charge in [-0.1, -0.05) is 10.3 Å². The van der Waals surface area contributed by atoms with Crippen LogP contribution < -0.4 is 0 Å². The van der Waals surface area contributed by atoms with Crippen molar-refractivity contribution in [2.24, 2.45) is 10.3 Å². The van der Waals surface area contributed by atoms with Crippen molar-refractivity contribution >= 4 is 11.4 Å². The molecule has 0 aliphatic heterocycles. The maximum absolute atomic E-state index is 8.58. The third-order valence-electron chi connectivity index (χ3n) is 2.01. The topological polar surface area (TPSA) is 93.9 Å². The van der Waals surface area contributed by atoms with E-state index in [0.717, 1.165) is 5.56 Å². The summed E-state index contributed by atoms with van der Waals surface area (Å²) in [4.78, 5) is 0. The summed E-state index contributed by atoms with van der Waals surface area (Å²) < 4.78 is 0. The fraction of sp³-hybridized carbons (Fsp3) is 0.375. The number of aromatic amines is 1. The molecule has 0 atom stereocenters. The number of nitrogens with one attached hydrogen (secondary N) is 1. The molecule has 1 aromatic rings. The molecule has 1 aromatic heterocycles. The van der Waals surface area contributed by atoms with Gasteiger partial charge >= 0.3 is 0 Å². The molecule has 0 saturated heterocycles. The first-order chi connectivity index (χ1) is 6.61. The fourth-order valence-corrected chi connectivity index (χ4v) is 1.20. The minimum atomic E-state index is 0.413. The van der Waals surface area contributed by atoms with Crippen molar-refractivity contribution in [1.29, 1.82) is 0 Å². The van der Waals surface area contributed by atoms with Crippen LogP contribution in [0.2, 0.25) is 0 Å². The monoisotopic (exact) mass is 196 g/mol. The van der Waals surface area contributed by atoms with Crippen LogP contribution in [0.4, 0.5) is 0 Å². The number of aromatic nitrogens is 2. The number of rotatable bonds is 2. The molecule has 1 heterocycles. The van der Waals surface area contributed by atoms with Crippen LogP contribution in [0.3, 0.4) is 0 Å². The Kier molecular flexibility index (Phi) is 2.85. The van der Waals surface area contributed by atoms with Crippen LogP contribution in [-0.4, -0.2) is 32.0 Å². The van der Waals surface area contributed by atoms with Gasteiger partial charge in [0, 0.05) is 5.56 Å². The lowest BCUT2D eigenvalue weighted by Gasteiger charge is -1.96. The molecule has 0 aliphatic carbocycles. The van der Waals surface area contributed by atoms with Crippen LogP contribution in [0.5, 0.6) is 0 Å². The van der Waals surface area contributed by atoms with Gasteiger partial charge < -0.3 is 10.4 Å². The summed E-state index contributed by atoms with van der Waals surface area (Å²) in [6.07, 6.45) is 0. The third kappa shape index (κ3) is 1.59. The predicted octanol–water partition coefficient (Wildman–Crippen LogP) is 1.11. The standard InChI is InChI=1S/C8H12N4O2/c1-4-7(5(2)11-13)9-10-8(4)6(3)12-14/h13-14H,1-3H3,(H,9,10)/b11-5+,12-6+. The third-order valence-corrected chi connectivity index (χ3v) is 2.01. The highest BCUT2D eigenvalue weighted by molar-refractivity contribution is 6.03. The molecule has 3 N–H and O–H groups in total. The largest absolute Gasteiger partial charge is 0.411 e. The highest BCUT2D eigenvalue weighted by atomic mass is 16.4. The Morgan fingerprint density at radius 3 is 2.29 bits per heavy atom. The van der Waals surface area contributed by atoms with E-state index in [0.29, 0.717) is 22.8 Å². The Morgan fingerprint density at radius 1 is 1.21 bits per heavy atom. The molecule has 0 aromatic carbocycles. The van der Waals surface area contributed by atoms with E-state index in [-0.39, 0.29) is 0 Å². The quantitative estimate of drug-likeness (QED) is 0.375. The predicted molar refractivity (Wildman–Crippen MR) is 51.3 cm³/mol. The minimum Gasteiger partial charge on any atom is -0.411 e. The van der Waals surface area contributed by atoms with E-state index in [1.54, 1.807) is 20.8 Å². The van der Waals surface area contributed by atoms with Gasteiger partial charge in [-0.2, -0.15) is 5.10 Å². The van der Waals surface area contributed by atoms with Gasteiger partial charge in [0.05, 0.1) is 5.69 Å². The van der Waals surface area contributed by atoms with Crippen LogP contribution in [0.1, 0.15) is 30.8 Å². The number of oxime groups is 2. The molecule has 6 nitrogen and oxygen atoms in total. The van der Waals surface area contributed by atoms with Crippen molar-refractivity contribution in [3.05, 3.63) is 17.0 Å². The molecule has 0 saturated carbocycles. The van der Waals surface area contributed by atoms with E-state index in [9.17, 15) is 0 Å². The Morgan fingerprint density at radius 2 is 1.79 bits per heavy atom. The smallest absolute Gasteiger partial charge is 0.113 e. The number of hydrogen-bond acceptors (Lipinski definition) is 5. The van der Waals surface area contributed by atoms with E-state index in [1.165, 1.54) is 0 Å². The lowest BCUT2D eigenvalue weighted by Crippen LogP contribution is -2.00. The molecule has 0 fully saturated rings. The van der Waals surface area contributed by atoms with E-state index in [1.807, 2.05) is 0 Å². The Labute approximate surface area is 80.9 Å². The average Bonchev–Trinajstić information content (AvgIpc) is 2.58. The molecule has 0 amide bonds. The number of H-pyrrole nitrogens is 1. The van der Waals surface area contributed by atoms with Gasteiger partial charge in [-0.3, -0.25) is 5.10 Å². The molecule has 0 radical (unpaired) electrons. The average molecular weight is 196 g/mol. The Bertz CT molecular complexity index is 357. The summed E-state index contributed by atoms with van der Waals surface area (Å²) >= 11 is 0. The van der Waals surface area contributed by atoms with Gasteiger partial charge in [-0.25, -0.2) is 0 Å². The first-order valence-electron chi connectivity index (χ1n) is 4.04. The summed E-state index contributed by atoms with van der Waals surface area (Å²) in [6, 6.07) is 0. The molecular formula is C8H12N4O2. The van der Waals surface area contributed by atoms with Gasteiger partial charge in [0.2, 0.25) is 0 Å². The lowest BCUT2D eigenvalue weighted by molar-refractivity contribution is 0.318. The van der Waals surface area contributed by atoms with Crippen LogP contribution >= 0.6 is 0 Å². The Balaban J connectivity index is 3.22. The molecule has 1 rings (SSSR count). The van der Waals surface area contributed by atoms with Crippen LogP contribution in [-0.2, 0) is 0 Å². The summed E-state index contributed by atoms with van der Waals surface area (Å²) in [5.41, 5.74) is 2.83. The van der Waals surface area contributed by atoms with E-state index < -0.39 is 0 Å². The number of hydrogen-bond donors (Lipinski definition) is 3. The SMILES string of the molecule is C/C(=N\O)c1n[nH]c(/C(C)=N/O)c1C. The van der Waals surface area contributed by atoms with Gasteiger partial charge in [-0.15, -0.1) is 0 Å². The second-order valence-corrected chi connectivity index (χ2v) is 2.94. The fourth-order valence-electron chi connectivity index (χ4n) is 1.20. The lowest BCUT2D eigenvalue weighted by atomic mass is 10.1. The van der Waals surface area contributed by atoms with Crippen LogP contribution in [0, 0.1) is 6.92 Å². The summed E-state index contributed by atoms with van der Waals surface area (Å²) in [5, 5.41) is 29.9.